The Kier molecular flexibility index (Phi) is 6.63. The molecule has 0 aliphatic carbocycles. The minimum atomic E-state index is -0.756. The van der Waals surface area contributed by atoms with Crippen molar-refractivity contribution in [1.82, 2.24) is 0 Å². The lowest BCUT2D eigenvalue weighted by molar-refractivity contribution is -0.142. The van der Waals surface area contributed by atoms with Crippen LogP contribution in [0.5, 0.6) is 5.75 Å². The Morgan fingerprint density at radius 2 is 1.83 bits per heavy atom. The zero-order valence-corrected chi connectivity index (χ0v) is 16.1. The van der Waals surface area contributed by atoms with Crippen LogP contribution in [0.15, 0.2) is 60.7 Å². The molecular formula is C22H22N2O5. The number of aryl methyl sites for hydroxylation is 1. The van der Waals surface area contributed by atoms with E-state index in [0.717, 1.165) is 30.2 Å². The van der Waals surface area contributed by atoms with Gasteiger partial charge < -0.3 is 19.7 Å². The summed E-state index contributed by atoms with van der Waals surface area (Å²) in [6, 6.07) is 14.5. The summed E-state index contributed by atoms with van der Waals surface area (Å²) >= 11 is 0. The van der Waals surface area contributed by atoms with Crippen LogP contribution < -0.4 is 15.0 Å². The highest BCUT2D eigenvalue weighted by Gasteiger charge is 2.20. The van der Waals surface area contributed by atoms with E-state index in [-0.39, 0.29) is 5.91 Å². The molecule has 0 atom stereocenters. The highest BCUT2D eigenvalue weighted by atomic mass is 16.5. The van der Waals surface area contributed by atoms with Crippen LogP contribution in [0.4, 0.5) is 11.4 Å². The van der Waals surface area contributed by atoms with Gasteiger partial charge in [-0.15, -0.1) is 0 Å². The minimum absolute atomic E-state index is 0.295. The van der Waals surface area contributed by atoms with Crippen LogP contribution in [0.25, 0.3) is 0 Å². The van der Waals surface area contributed by atoms with Crippen molar-refractivity contribution >= 4 is 29.2 Å². The molecule has 2 amide bonds. The third-order valence-corrected chi connectivity index (χ3v) is 4.46. The van der Waals surface area contributed by atoms with E-state index in [1.807, 2.05) is 24.3 Å². The van der Waals surface area contributed by atoms with Gasteiger partial charge in [-0.25, -0.2) is 4.79 Å². The van der Waals surface area contributed by atoms with E-state index in [0.29, 0.717) is 18.0 Å². The lowest BCUT2D eigenvalue weighted by Crippen LogP contribution is -2.34. The van der Waals surface area contributed by atoms with Crippen molar-refractivity contribution in [2.45, 2.75) is 12.8 Å². The maximum Gasteiger partial charge on any atom is 0.331 e. The molecule has 0 bridgehead atoms. The van der Waals surface area contributed by atoms with Crippen LogP contribution in [0, 0.1) is 0 Å². The fraction of sp³-hybridized carbons (Fsp3) is 0.227. The van der Waals surface area contributed by atoms with Crippen LogP contribution in [0.3, 0.4) is 0 Å². The van der Waals surface area contributed by atoms with Crippen LogP contribution >= 0.6 is 0 Å². The van der Waals surface area contributed by atoms with Gasteiger partial charge in [-0.1, -0.05) is 18.2 Å². The standard InChI is InChI=1S/C22H22N2O5/c1-28-18-10-8-17(9-11-18)23-20(25)15-29-22(27)13-12-21(26)24-14-4-6-16-5-2-3-7-19(16)24/h2-3,5,7-13H,4,6,14-15H2,1H3,(H,23,25)/b13-12+. The summed E-state index contributed by atoms with van der Waals surface area (Å²) < 4.78 is 9.94. The second-order valence-corrected chi connectivity index (χ2v) is 6.44. The third kappa shape index (κ3) is 5.44. The molecule has 0 aromatic heterocycles. The van der Waals surface area contributed by atoms with Crippen LogP contribution in [0.1, 0.15) is 12.0 Å². The van der Waals surface area contributed by atoms with E-state index in [1.165, 1.54) is 6.08 Å². The number of anilines is 2. The van der Waals surface area contributed by atoms with Gasteiger partial charge in [0.05, 0.1) is 7.11 Å². The summed E-state index contributed by atoms with van der Waals surface area (Å²) in [6.07, 6.45) is 4.01. The minimum Gasteiger partial charge on any atom is -0.497 e. The number of ether oxygens (including phenoxy) is 2. The maximum atomic E-state index is 12.4. The fourth-order valence-corrected chi connectivity index (χ4v) is 3.05. The fourth-order valence-electron chi connectivity index (χ4n) is 3.05. The highest BCUT2D eigenvalue weighted by Crippen LogP contribution is 2.26. The summed E-state index contributed by atoms with van der Waals surface area (Å²) in [5.41, 5.74) is 2.53. The third-order valence-electron chi connectivity index (χ3n) is 4.46. The molecule has 2 aromatic rings. The highest BCUT2D eigenvalue weighted by molar-refractivity contribution is 6.05. The summed E-state index contributed by atoms with van der Waals surface area (Å²) in [4.78, 5) is 37.8. The number of carbonyl (C=O) groups is 3. The number of esters is 1. The predicted octanol–water partition coefficient (Wildman–Crippen LogP) is 2.71. The number of fused-ring (bicyclic) bond motifs is 1. The number of methoxy groups -OCH3 is 1. The van der Waals surface area contributed by atoms with Crippen molar-refractivity contribution < 1.29 is 23.9 Å². The zero-order chi connectivity index (χ0) is 20.6. The average Bonchev–Trinajstić information content (AvgIpc) is 2.76. The summed E-state index contributed by atoms with van der Waals surface area (Å²) in [7, 11) is 1.55. The Bertz CT molecular complexity index is 921. The largest absolute Gasteiger partial charge is 0.497 e. The van der Waals surface area contributed by atoms with Gasteiger partial charge in [0, 0.05) is 30.1 Å². The van der Waals surface area contributed by atoms with Gasteiger partial charge in [0.1, 0.15) is 5.75 Å². The molecule has 0 fully saturated rings. The van der Waals surface area contributed by atoms with E-state index >= 15 is 0 Å². The lowest BCUT2D eigenvalue weighted by Gasteiger charge is -2.28. The number of nitrogens with one attached hydrogen (secondary N) is 1. The molecule has 0 saturated heterocycles. The quantitative estimate of drug-likeness (QED) is 0.602. The first-order valence-corrected chi connectivity index (χ1v) is 9.25. The van der Waals surface area contributed by atoms with Gasteiger partial charge in [0.25, 0.3) is 11.8 Å². The van der Waals surface area contributed by atoms with Gasteiger partial charge in [0.15, 0.2) is 6.61 Å². The van der Waals surface area contributed by atoms with Crippen molar-refractivity contribution in [2.75, 3.05) is 30.5 Å². The van der Waals surface area contributed by atoms with Crippen molar-refractivity contribution in [1.29, 1.82) is 0 Å². The number of carbonyl (C=O) groups excluding carboxylic acids is 3. The smallest absolute Gasteiger partial charge is 0.331 e. The van der Waals surface area contributed by atoms with E-state index in [2.05, 4.69) is 5.32 Å². The second-order valence-electron chi connectivity index (χ2n) is 6.44. The van der Waals surface area contributed by atoms with E-state index in [4.69, 9.17) is 9.47 Å². The van der Waals surface area contributed by atoms with Gasteiger partial charge in [-0.2, -0.15) is 0 Å². The first kappa shape index (κ1) is 20.1. The molecule has 0 unspecified atom stereocenters. The van der Waals surface area contributed by atoms with Gasteiger partial charge in [-0.3, -0.25) is 9.59 Å². The molecule has 3 rings (SSSR count). The normalized spacial score (nSPS) is 12.9. The molecule has 0 saturated carbocycles. The second kappa shape index (κ2) is 9.54. The van der Waals surface area contributed by atoms with Crippen molar-refractivity contribution in [3.8, 4) is 5.75 Å². The zero-order valence-electron chi connectivity index (χ0n) is 16.1. The van der Waals surface area contributed by atoms with Gasteiger partial charge in [-0.05, 0) is 48.7 Å². The molecule has 29 heavy (non-hydrogen) atoms. The Labute approximate surface area is 168 Å². The first-order chi connectivity index (χ1) is 14.1. The first-order valence-electron chi connectivity index (χ1n) is 9.25. The van der Waals surface area contributed by atoms with E-state index in [9.17, 15) is 14.4 Å². The number of hydrogen-bond acceptors (Lipinski definition) is 5. The van der Waals surface area contributed by atoms with Gasteiger partial charge >= 0.3 is 5.97 Å². The average molecular weight is 394 g/mol. The molecule has 1 aliphatic heterocycles. The van der Waals surface area contributed by atoms with Crippen molar-refractivity contribution in [3.05, 3.63) is 66.2 Å². The predicted molar refractivity (Wildman–Crippen MR) is 109 cm³/mol. The molecule has 2 aromatic carbocycles. The number of hydrogen-bond donors (Lipinski definition) is 1. The maximum absolute atomic E-state index is 12.4. The van der Waals surface area contributed by atoms with E-state index in [1.54, 1.807) is 36.3 Å². The van der Waals surface area contributed by atoms with Crippen LogP contribution in [-0.4, -0.2) is 38.0 Å². The van der Waals surface area contributed by atoms with E-state index < -0.39 is 18.5 Å². The molecule has 1 heterocycles. The van der Waals surface area contributed by atoms with Crippen molar-refractivity contribution in [2.24, 2.45) is 0 Å². The molecule has 1 aliphatic rings. The molecule has 150 valence electrons. The Hall–Kier alpha value is -3.61. The molecule has 1 N–H and O–H groups in total. The summed E-state index contributed by atoms with van der Waals surface area (Å²) in [5, 5.41) is 2.61. The lowest BCUT2D eigenvalue weighted by atomic mass is 10.0. The molecule has 0 radical (unpaired) electrons. The van der Waals surface area contributed by atoms with Crippen LogP contribution in [-0.2, 0) is 25.5 Å². The molecule has 0 spiro atoms. The molecule has 7 nitrogen and oxygen atoms in total. The number of benzene rings is 2. The monoisotopic (exact) mass is 394 g/mol. The van der Waals surface area contributed by atoms with Crippen LogP contribution in [0.2, 0.25) is 0 Å². The summed E-state index contributed by atoms with van der Waals surface area (Å²) in [6.45, 7) is 0.148. The SMILES string of the molecule is COc1ccc(NC(=O)COC(=O)/C=C/C(=O)N2CCCc3ccccc32)cc1. The number of nitrogens with zero attached hydrogens (tertiary/aromatic N) is 1. The number of para-hydroxylation sites is 1. The Morgan fingerprint density at radius 3 is 2.59 bits per heavy atom. The number of amides is 2. The molecule has 7 heteroatoms. The molecular weight excluding hydrogens is 372 g/mol. The Balaban J connectivity index is 1.48. The summed E-state index contributed by atoms with van der Waals surface area (Å²) in [5.74, 6) is -0.862. The topological polar surface area (TPSA) is 84.9 Å². The number of rotatable bonds is 6. The Morgan fingerprint density at radius 1 is 1.07 bits per heavy atom. The van der Waals surface area contributed by atoms with Crippen molar-refractivity contribution in [3.63, 3.8) is 0 Å². The van der Waals surface area contributed by atoms with Gasteiger partial charge in [0.2, 0.25) is 0 Å².